The van der Waals surface area contributed by atoms with E-state index in [-0.39, 0.29) is 18.0 Å². The van der Waals surface area contributed by atoms with Gasteiger partial charge in [0.1, 0.15) is 18.0 Å². The van der Waals surface area contributed by atoms with Gasteiger partial charge in [0.25, 0.3) is 5.56 Å². The first-order valence-electron chi connectivity index (χ1n) is 10.7. The quantitative estimate of drug-likeness (QED) is 0.373. The minimum atomic E-state index is -0.228. The Balaban J connectivity index is 1.56. The van der Waals surface area contributed by atoms with Gasteiger partial charge in [0.2, 0.25) is 11.7 Å². The van der Waals surface area contributed by atoms with Gasteiger partial charge in [0.15, 0.2) is 0 Å². The average Bonchev–Trinajstić information content (AvgIpc) is 3.34. The Bertz CT molecular complexity index is 1540. The highest BCUT2D eigenvalue weighted by atomic mass is 16.5. The highest BCUT2D eigenvalue weighted by molar-refractivity contribution is 5.93. The smallest absolute Gasteiger partial charge is 0.275 e. The van der Waals surface area contributed by atoms with Gasteiger partial charge in [-0.05, 0) is 25.1 Å². The molecule has 5 rings (SSSR count). The molecule has 8 nitrogen and oxygen atoms in total. The van der Waals surface area contributed by atoms with Gasteiger partial charge in [0, 0.05) is 17.0 Å². The van der Waals surface area contributed by atoms with Crippen LogP contribution < -0.4 is 15.0 Å². The molecule has 0 aliphatic rings. The van der Waals surface area contributed by atoms with Crippen LogP contribution in [0.4, 0.5) is 0 Å². The average molecular weight is 454 g/mol. The molecule has 8 heteroatoms. The molecule has 0 spiro atoms. The van der Waals surface area contributed by atoms with Gasteiger partial charge >= 0.3 is 0 Å². The van der Waals surface area contributed by atoms with Crippen molar-refractivity contribution in [1.29, 1.82) is 0 Å². The van der Waals surface area contributed by atoms with E-state index in [4.69, 9.17) is 14.0 Å². The molecule has 0 saturated carbocycles. The third kappa shape index (κ3) is 3.90. The molecule has 170 valence electrons. The molecular weight excluding hydrogens is 432 g/mol. The first-order valence-corrected chi connectivity index (χ1v) is 10.7. The van der Waals surface area contributed by atoms with E-state index in [1.165, 1.54) is 4.68 Å². The van der Waals surface area contributed by atoms with Crippen molar-refractivity contribution >= 4 is 10.8 Å². The molecule has 0 atom stereocenters. The summed E-state index contributed by atoms with van der Waals surface area (Å²) in [6.07, 6.45) is 0. The summed E-state index contributed by atoms with van der Waals surface area (Å²) in [6, 6.07) is 20.8. The van der Waals surface area contributed by atoms with E-state index in [9.17, 15) is 4.79 Å². The minimum Gasteiger partial charge on any atom is -0.497 e. The van der Waals surface area contributed by atoms with Gasteiger partial charge in [-0.3, -0.25) is 4.79 Å². The zero-order valence-electron chi connectivity index (χ0n) is 19.0. The lowest BCUT2D eigenvalue weighted by molar-refractivity contribution is 0.363. The van der Waals surface area contributed by atoms with Crippen LogP contribution in [0.3, 0.4) is 0 Å². The first-order chi connectivity index (χ1) is 16.6. The molecule has 0 N–H and O–H groups in total. The van der Waals surface area contributed by atoms with Gasteiger partial charge in [-0.25, -0.2) is 4.68 Å². The van der Waals surface area contributed by atoms with Crippen molar-refractivity contribution in [2.24, 2.45) is 0 Å². The van der Waals surface area contributed by atoms with E-state index in [1.807, 2.05) is 49.4 Å². The molecule has 0 fully saturated rings. The normalized spacial score (nSPS) is 11.0. The fourth-order valence-electron chi connectivity index (χ4n) is 3.81. The Morgan fingerprint density at radius 1 is 0.941 bits per heavy atom. The summed E-state index contributed by atoms with van der Waals surface area (Å²) in [5.41, 5.74) is 3.20. The fourth-order valence-corrected chi connectivity index (χ4v) is 3.81. The second kappa shape index (κ2) is 8.82. The second-order valence-corrected chi connectivity index (χ2v) is 7.80. The van der Waals surface area contributed by atoms with Crippen LogP contribution >= 0.6 is 0 Å². The summed E-state index contributed by atoms with van der Waals surface area (Å²) in [6.45, 7) is 2.06. The maximum Gasteiger partial charge on any atom is 0.275 e. The molecule has 0 unspecified atom stereocenters. The molecule has 0 amide bonds. The number of hydrogen-bond acceptors (Lipinski definition) is 7. The Labute approximate surface area is 195 Å². The lowest BCUT2D eigenvalue weighted by atomic mass is 10.0. The van der Waals surface area contributed by atoms with Crippen LogP contribution in [0, 0.1) is 6.92 Å². The van der Waals surface area contributed by atoms with Crippen molar-refractivity contribution in [3.63, 3.8) is 0 Å². The van der Waals surface area contributed by atoms with Crippen LogP contribution in [0.1, 0.15) is 11.5 Å². The van der Waals surface area contributed by atoms with Gasteiger partial charge in [-0.2, -0.15) is 10.1 Å². The number of aryl methyl sites for hydroxylation is 1. The highest BCUT2D eigenvalue weighted by Gasteiger charge is 2.17. The Morgan fingerprint density at radius 3 is 2.44 bits per heavy atom. The number of aromatic nitrogens is 4. The van der Waals surface area contributed by atoms with Crippen molar-refractivity contribution in [2.75, 3.05) is 14.2 Å². The molecular formula is C26H22N4O4. The summed E-state index contributed by atoms with van der Waals surface area (Å²) in [5, 5.41) is 10.1. The Morgan fingerprint density at radius 2 is 1.71 bits per heavy atom. The Hall–Kier alpha value is -4.46. The summed E-state index contributed by atoms with van der Waals surface area (Å²) >= 11 is 0. The number of ether oxygens (including phenoxy) is 2. The van der Waals surface area contributed by atoms with Gasteiger partial charge in [-0.15, -0.1) is 0 Å². The van der Waals surface area contributed by atoms with Crippen LogP contribution in [0.5, 0.6) is 11.5 Å². The van der Waals surface area contributed by atoms with Crippen LogP contribution in [0.2, 0.25) is 0 Å². The van der Waals surface area contributed by atoms with E-state index >= 15 is 0 Å². The molecule has 0 aliphatic carbocycles. The van der Waals surface area contributed by atoms with Crippen molar-refractivity contribution in [1.82, 2.24) is 19.9 Å². The summed E-state index contributed by atoms with van der Waals surface area (Å²) in [5.74, 6) is 1.81. The summed E-state index contributed by atoms with van der Waals surface area (Å²) < 4.78 is 17.5. The lowest BCUT2D eigenvalue weighted by Crippen LogP contribution is -2.24. The maximum absolute atomic E-state index is 13.2. The number of benzene rings is 3. The van der Waals surface area contributed by atoms with Crippen molar-refractivity contribution in [3.8, 4) is 34.1 Å². The lowest BCUT2D eigenvalue weighted by Gasteiger charge is -2.10. The van der Waals surface area contributed by atoms with Crippen LogP contribution in [-0.2, 0) is 6.54 Å². The van der Waals surface area contributed by atoms with Crippen molar-refractivity contribution in [2.45, 2.75) is 13.5 Å². The van der Waals surface area contributed by atoms with Gasteiger partial charge in [0.05, 0.1) is 30.9 Å². The third-order valence-corrected chi connectivity index (χ3v) is 5.60. The third-order valence-electron chi connectivity index (χ3n) is 5.60. The molecule has 0 bridgehead atoms. The van der Waals surface area contributed by atoms with Crippen LogP contribution in [-0.4, -0.2) is 34.1 Å². The second-order valence-electron chi connectivity index (χ2n) is 7.80. The van der Waals surface area contributed by atoms with Crippen molar-refractivity contribution < 1.29 is 14.0 Å². The molecule has 2 aromatic heterocycles. The van der Waals surface area contributed by atoms with E-state index < -0.39 is 0 Å². The number of hydrogen-bond donors (Lipinski definition) is 0. The molecule has 2 heterocycles. The first kappa shape index (κ1) is 21.4. The van der Waals surface area contributed by atoms with Crippen LogP contribution in [0.25, 0.3) is 33.4 Å². The van der Waals surface area contributed by atoms with Crippen molar-refractivity contribution in [3.05, 3.63) is 88.5 Å². The Kier molecular flexibility index (Phi) is 5.55. The molecule has 34 heavy (non-hydrogen) atoms. The number of nitrogens with zero attached hydrogens (tertiary/aromatic N) is 4. The summed E-state index contributed by atoms with van der Waals surface area (Å²) in [7, 11) is 3.14. The monoisotopic (exact) mass is 454 g/mol. The zero-order chi connectivity index (χ0) is 23.7. The largest absolute Gasteiger partial charge is 0.497 e. The van der Waals surface area contributed by atoms with Crippen LogP contribution in [0.15, 0.2) is 76.0 Å². The van der Waals surface area contributed by atoms with E-state index in [0.717, 1.165) is 16.5 Å². The number of rotatable bonds is 6. The maximum atomic E-state index is 13.2. The molecule has 3 aromatic carbocycles. The summed E-state index contributed by atoms with van der Waals surface area (Å²) in [4.78, 5) is 17.7. The van der Waals surface area contributed by atoms with E-state index in [1.54, 1.807) is 38.5 Å². The highest BCUT2D eigenvalue weighted by Crippen LogP contribution is 2.31. The predicted octanol–water partition coefficient (Wildman–Crippen LogP) is 4.49. The molecule has 0 aliphatic heterocycles. The topological polar surface area (TPSA) is 92.3 Å². The predicted molar refractivity (Wildman–Crippen MR) is 128 cm³/mol. The molecule has 0 radical (unpaired) electrons. The number of methoxy groups -OCH3 is 2. The molecule has 0 saturated heterocycles. The fraction of sp³-hybridized carbons (Fsp3) is 0.154. The molecule has 5 aromatic rings. The van der Waals surface area contributed by atoms with Gasteiger partial charge < -0.3 is 14.0 Å². The van der Waals surface area contributed by atoms with E-state index in [2.05, 4.69) is 15.2 Å². The minimum absolute atomic E-state index is 0.0357. The number of fused-ring (bicyclic) bond motifs is 1. The zero-order valence-corrected chi connectivity index (χ0v) is 19.0. The van der Waals surface area contributed by atoms with E-state index in [0.29, 0.717) is 34.0 Å². The SMILES string of the molecule is COc1ccc(-c2noc(Cn3nc(-c4ccc(C)cc4)c4ccccc4c3=O)n2)c(OC)c1. The van der Waals surface area contributed by atoms with Gasteiger partial charge in [-0.1, -0.05) is 53.2 Å². The standard InChI is InChI=1S/C26H22N4O4/c1-16-8-10-17(11-9-16)24-19-6-4-5-7-20(19)26(31)30(28-24)15-23-27-25(29-34-23)21-13-12-18(32-2)14-22(21)33-3/h4-14H,15H2,1-3H3.